The van der Waals surface area contributed by atoms with Crippen LogP contribution in [0.1, 0.15) is 10.4 Å². The molecule has 1 fully saturated rings. The fourth-order valence-electron chi connectivity index (χ4n) is 3.34. The first-order chi connectivity index (χ1) is 14.1. The van der Waals surface area contributed by atoms with Crippen LogP contribution >= 0.6 is 0 Å². The quantitative estimate of drug-likeness (QED) is 0.728. The van der Waals surface area contributed by atoms with Gasteiger partial charge >= 0.3 is 0 Å². The molecule has 1 aliphatic heterocycles. The fraction of sp³-hybridized carbons (Fsp3) is 0.182. The van der Waals surface area contributed by atoms with Crippen LogP contribution in [0.15, 0.2) is 66.9 Å². The van der Waals surface area contributed by atoms with E-state index in [2.05, 4.69) is 20.1 Å². The predicted octanol–water partition coefficient (Wildman–Crippen LogP) is 3.94. The van der Waals surface area contributed by atoms with Gasteiger partial charge in [0.1, 0.15) is 17.5 Å². The Bertz CT molecular complexity index is 1000. The van der Waals surface area contributed by atoms with Crippen LogP contribution in [0.25, 0.3) is 0 Å². The number of anilines is 3. The maximum atomic E-state index is 13.8. The van der Waals surface area contributed by atoms with Gasteiger partial charge in [0.2, 0.25) is 0 Å². The van der Waals surface area contributed by atoms with Crippen LogP contribution in [0, 0.1) is 11.6 Å². The summed E-state index contributed by atoms with van der Waals surface area (Å²) < 4.78 is 26.9. The minimum absolute atomic E-state index is 0.142. The number of benzene rings is 2. The van der Waals surface area contributed by atoms with Crippen LogP contribution in [0.4, 0.5) is 26.0 Å². The van der Waals surface area contributed by atoms with E-state index in [9.17, 15) is 13.6 Å². The molecule has 0 atom stereocenters. The zero-order valence-electron chi connectivity index (χ0n) is 15.7. The summed E-state index contributed by atoms with van der Waals surface area (Å²) in [6.45, 7) is 2.98. The van der Waals surface area contributed by atoms with E-state index in [1.54, 1.807) is 42.6 Å². The average Bonchev–Trinajstić information content (AvgIpc) is 2.76. The number of halogens is 2. The van der Waals surface area contributed by atoms with E-state index in [0.29, 0.717) is 11.4 Å². The van der Waals surface area contributed by atoms with Crippen molar-refractivity contribution in [2.75, 3.05) is 41.3 Å². The van der Waals surface area contributed by atoms with Gasteiger partial charge in [0, 0.05) is 43.6 Å². The van der Waals surface area contributed by atoms with Crippen LogP contribution in [0.2, 0.25) is 0 Å². The summed E-state index contributed by atoms with van der Waals surface area (Å²) in [6, 6.07) is 15.8. The van der Waals surface area contributed by atoms with Crippen molar-refractivity contribution in [1.29, 1.82) is 0 Å². The second-order valence-corrected chi connectivity index (χ2v) is 6.79. The number of pyridine rings is 1. The van der Waals surface area contributed by atoms with Crippen molar-refractivity contribution in [3.05, 3.63) is 84.1 Å². The van der Waals surface area contributed by atoms with Crippen LogP contribution in [0.5, 0.6) is 0 Å². The van der Waals surface area contributed by atoms with E-state index in [1.165, 1.54) is 24.3 Å². The highest BCUT2D eigenvalue weighted by atomic mass is 19.1. The topological polar surface area (TPSA) is 48.5 Å². The van der Waals surface area contributed by atoms with E-state index in [4.69, 9.17) is 0 Å². The monoisotopic (exact) mass is 394 g/mol. The molecule has 2 aromatic carbocycles. The Kier molecular flexibility index (Phi) is 5.37. The summed E-state index contributed by atoms with van der Waals surface area (Å²) in [7, 11) is 0. The molecule has 0 saturated carbocycles. The summed E-state index contributed by atoms with van der Waals surface area (Å²) in [6.07, 6.45) is 1.58. The molecule has 0 bridgehead atoms. The molecule has 148 valence electrons. The Balaban J connectivity index is 1.42. The molecule has 1 amide bonds. The lowest BCUT2D eigenvalue weighted by molar-refractivity contribution is 0.102. The van der Waals surface area contributed by atoms with E-state index in [1.807, 2.05) is 0 Å². The van der Waals surface area contributed by atoms with Gasteiger partial charge < -0.3 is 15.1 Å². The van der Waals surface area contributed by atoms with Crippen molar-refractivity contribution < 1.29 is 13.6 Å². The standard InChI is InChI=1S/C22H20F2N4O/c23-17-5-7-18(8-6-17)27-11-13-28(14-12-27)21-15-16(9-10-25-21)22(29)26-20-4-2-1-3-19(20)24/h1-10,15H,11-14H2,(H,26,29). The number of aromatic nitrogens is 1. The van der Waals surface area contributed by atoms with Crippen molar-refractivity contribution in [1.82, 2.24) is 4.98 Å². The summed E-state index contributed by atoms with van der Waals surface area (Å²) in [5.41, 5.74) is 1.54. The number of nitrogens with zero attached hydrogens (tertiary/aromatic N) is 3. The number of rotatable bonds is 4. The third-order valence-electron chi connectivity index (χ3n) is 4.93. The molecule has 2 heterocycles. The van der Waals surface area contributed by atoms with Crippen molar-refractivity contribution in [2.24, 2.45) is 0 Å². The first kappa shape index (κ1) is 18.9. The normalized spacial score (nSPS) is 14.0. The largest absolute Gasteiger partial charge is 0.368 e. The number of para-hydroxylation sites is 1. The Hall–Kier alpha value is -3.48. The van der Waals surface area contributed by atoms with E-state index < -0.39 is 5.82 Å². The molecule has 29 heavy (non-hydrogen) atoms. The van der Waals surface area contributed by atoms with Crippen LogP contribution in [0.3, 0.4) is 0 Å². The highest BCUT2D eigenvalue weighted by Crippen LogP contribution is 2.21. The molecule has 0 spiro atoms. The lowest BCUT2D eigenvalue weighted by Crippen LogP contribution is -2.46. The molecule has 1 saturated heterocycles. The highest BCUT2D eigenvalue weighted by Gasteiger charge is 2.19. The first-order valence-electron chi connectivity index (χ1n) is 9.37. The van der Waals surface area contributed by atoms with E-state index in [-0.39, 0.29) is 17.4 Å². The number of amides is 1. The molecule has 7 heteroatoms. The highest BCUT2D eigenvalue weighted by molar-refractivity contribution is 6.04. The molecule has 3 aromatic rings. The van der Waals surface area contributed by atoms with E-state index in [0.717, 1.165) is 31.9 Å². The molecule has 0 radical (unpaired) electrons. The minimum atomic E-state index is -0.480. The molecule has 1 aliphatic rings. The van der Waals surface area contributed by atoms with Gasteiger partial charge in [-0.05, 0) is 48.5 Å². The molecule has 5 nitrogen and oxygen atoms in total. The van der Waals surface area contributed by atoms with Gasteiger partial charge in [-0.2, -0.15) is 0 Å². The lowest BCUT2D eigenvalue weighted by Gasteiger charge is -2.36. The van der Waals surface area contributed by atoms with Gasteiger partial charge in [0.15, 0.2) is 0 Å². The Morgan fingerprint density at radius 2 is 1.59 bits per heavy atom. The van der Waals surface area contributed by atoms with Crippen LogP contribution < -0.4 is 15.1 Å². The second kappa shape index (κ2) is 8.26. The van der Waals surface area contributed by atoms with Crippen molar-refractivity contribution >= 4 is 23.1 Å². The zero-order chi connectivity index (χ0) is 20.2. The van der Waals surface area contributed by atoms with Crippen molar-refractivity contribution in [2.45, 2.75) is 0 Å². The number of hydrogen-bond acceptors (Lipinski definition) is 4. The van der Waals surface area contributed by atoms with Gasteiger partial charge in [-0.3, -0.25) is 4.79 Å². The number of nitrogens with one attached hydrogen (secondary N) is 1. The molecule has 4 rings (SSSR count). The lowest BCUT2D eigenvalue weighted by atomic mass is 10.2. The molecular formula is C22H20F2N4O. The van der Waals surface area contributed by atoms with Gasteiger partial charge in [-0.25, -0.2) is 13.8 Å². The van der Waals surface area contributed by atoms with Gasteiger partial charge in [-0.15, -0.1) is 0 Å². The molecule has 0 aliphatic carbocycles. The Morgan fingerprint density at radius 1 is 0.897 bits per heavy atom. The van der Waals surface area contributed by atoms with Crippen molar-refractivity contribution in [3.8, 4) is 0 Å². The smallest absolute Gasteiger partial charge is 0.255 e. The Labute approximate surface area is 167 Å². The Morgan fingerprint density at radius 3 is 2.31 bits per heavy atom. The number of hydrogen-bond donors (Lipinski definition) is 1. The molecule has 0 unspecified atom stereocenters. The third kappa shape index (κ3) is 4.34. The zero-order valence-corrected chi connectivity index (χ0v) is 15.7. The number of piperazine rings is 1. The van der Waals surface area contributed by atoms with Crippen LogP contribution in [-0.4, -0.2) is 37.1 Å². The fourth-order valence-corrected chi connectivity index (χ4v) is 3.34. The molecule has 1 N–H and O–H groups in total. The van der Waals surface area contributed by atoms with Gasteiger partial charge in [-0.1, -0.05) is 12.1 Å². The van der Waals surface area contributed by atoms with Crippen LogP contribution in [-0.2, 0) is 0 Å². The van der Waals surface area contributed by atoms with Crippen molar-refractivity contribution in [3.63, 3.8) is 0 Å². The molecular weight excluding hydrogens is 374 g/mol. The summed E-state index contributed by atoms with van der Waals surface area (Å²) in [5, 5.41) is 2.59. The average molecular weight is 394 g/mol. The number of carbonyl (C=O) groups excluding carboxylic acids is 1. The molecule has 1 aromatic heterocycles. The predicted molar refractivity (Wildman–Crippen MR) is 109 cm³/mol. The summed E-state index contributed by atoms with van der Waals surface area (Å²) in [4.78, 5) is 21.2. The first-order valence-corrected chi connectivity index (χ1v) is 9.37. The summed E-state index contributed by atoms with van der Waals surface area (Å²) >= 11 is 0. The minimum Gasteiger partial charge on any atom is -0.368 e. The van der Waals surface area contributed by atoms with Gasteiger partial charge in [0.25, 0.3) is 5.91 Å². The van der Waals surface area contributed by atoms with E-state index >= 15 is 0 Å². The number of carbonyl (C=O) groups is 1. The second-order valence-electron chi connectivity index (χ2n) is 6.79. The maximum Gasteiger partial charge on any atom is 0.255 e. The van der Waals surface area contributed by atoms with Gasteiger partial charge in [0.05, 0.1) is 5.69 Å². The third-order valence-corrected chi connectivity index (χ3v) is 4.93. The summed E-state index contributed by atoms with van der Waals surface area (Å²) in [5.74, 6) is -0.414. The SMILES string of the molecule is O=C(Nc1ccccc1F)c1ccnc(N2CCN(c3ccc(F)cc3)CC2)c1. The maximum absolute atomic E-state index is 13.8.